The monoisotopic (exact) mass is 416 g/mol. The van der Waals surface area contributed by atoms with Crippen molar-refractivity contribution in [1.29, 1.82) is 0 Å². The summed E-state index contributed by atoms with van der Waals surface area (Å²) >= 11 is 12.9. The van der Waals surface area contributed by atoms with Crippen molar-refractivity contribution in [2.45, 2.75) is 24.9 Å². The molecule has 1 aromatic heterocycles. The highest BCUT2D eigenvalue weighted by molar-refractivity contribution is 7.89. The van der Waals surface area contributed by atoms with Crippen molar-refractivity contribution in [2.24, 2.45) is 0 Å². The number of sulfonamides is 1. The zero-order valence-electron chi connectivity index (χ0n) is 13.1. The number of halogens is 2. The van der Waals surface area contributed by atoms with E-state index in [1.165, 1.54) is 12.1 Å². The first-order valence-corrected chi connectivity index (χ1v) is 10.4. The molecule has 0 aliphatic rings. The van der Waals surface area contributed by atoms with Gasteiger partial charge in [0.25, 0.3) is 0 Å². The lowest BCUT2D eigenvalue weighted by Gasteiger charge is -2.09. The second kappa shape index (κ2) is 7.09. The molecule has 9 heteroatoms. The highest BCUT2D eigenvalue weighted by Crippen LogP contribution is 2.23. The molecule has 0 saturated carbocycles. The number of nitrogens with zero attached hydrogens (tertiary/aromatic N) is 1. The molecule has 3 aromatic rings. The summed E-state index contributed by atoms with van der Waals surface area (Å²) < 4.78 is 29.8. The molecule has 1 N–H and O–H groups in total. The van der Waals surface area contributed by atoms with Crippen LogP contribution in [-0.2, 0) is 23.1 Å². The summed E-state index contributed by atoms with van der Waals surface area (Å²) in [6, 6.07) is 9.54. The predicted octanol–water partition coefficient (Wildman–Crippen LogP) is 3.87. The van der Waals surface area contributed by atoms with Crippen molar-refractivity contribution in [3.8, 4) is 0 Å². The van der Waals surface area contributed by atoms with Gasteiger partial charge in [0, 0.05) is 23.1 Å². The Kier molecular flexibility index (Phi) is 5.22. The molecular weight excluding hydrogens is 403 g/mol. The fraction of sp³-hybridized carbons (Fsp3) is 0.188. The van der Waals surface area contributed by atoms with Gasteiger partial charge in [-0.1, -0.05) is 40.6 Å². The highest BCUT2D eigenvalue weighted by atomic mass is 35.5. The first kappa shape index (κ1) is 18.4. The number of benzene rings is 2. The maximum Gasteiger partial charge on any atom is 0.308 e. The van der Waals surface area contributed by atoms with Gasteiger partial charge < -0.3 is 0 Å². The van der Waals surface area contributed by atoms with Crippen LogP contribution < -0.4 is 9.60 Å². The fourth-order valence-corrected chi connectivity index (χ4v) is 5.01. The molecule has 0 atom stereocenters. The number of hydrogen-bond donors (Lipinski definition) is 1. The number of thiazole rings is 1. The standard InChI is InChI=1S/C16H14Cl2N2O3S2/c1-2-20-14-6-5-12(8-15(14)24-16(20)21)25(22,23)19-9-10-3-4-11(17)7-13(10)18/h3-8,19H,2,9H2,1H3. The molecule has 0 spiro atoms. The summed E-state index contributed by atoms with van der Waals surface area (Å²) in [7, 11) is -3.73. The Morgan fingerprint density at radius 1 is 1.16 bits per heavy atom. The molecule has 132 valence electrons. The Morgan fingerprint density at radius 2 is 1.92 bits per heavy atom. The van der Waals surface area contributed by atoms with Gasteiger partial charge in [0.05, 0.1) is 15.1 Å². The van der Waals surface area contributed by atoms with Crippen LogP contribution in [0.3, 0.4) is 0 Å². The molecule has 25 heavy (non-hydrogen) atoms. The summed E-state index contributed by atoms with van der Waals surface area (Å²) in [4.78, 5) is 11.9. The minimum atomic E-state index is -3.73. The van der Waals surface area contributed by atoms with E-state index in [1.807, 2.05) is 6.92 Å². The average molecular weight is 417 g/mol. The number of hydrogen-bond acceptors (Lipinski definition) is 4. The van der Waals surface area contributed by atoms with Crippen molar-refractivity contribution in [3.63, 3.8) is 0 Å². The van der Waals surface area contributed by atoms with Gasteiger partial charge in [0.1, 0.15) is 0 Å². The van der Waals surface area contributed by atoms with Crippen molar-refractivity contribution in [3.05, 3.63) is 61.7 Å². The van der Waals surface area contributed by atoms with Gasteiger partial charge in [0.15, 0.2) is 0 Å². The Balaban J connectivity index is 1.89. The Labute approximate surface area is 158 Å². The van der Waals surface area contributed by atoms with Crippen LogP contribution in [0.2, 0.25) is 10.0 Å². The molecular formula is C16H14Cl2N2O3S2. The van der Waals surface area contributed by atoms with Crippen LogP contribution in [-0.4, -0.2) is 13.0 Å². The van der Waals surface area contributed by atoms with E-state index in [9.17, 15) is 13.2 Å². The number of fused-ring (bicyclic) bond motifs is 1. The van der Waals surface area contributed by atoms with Crippen LogP contribution in [0.5, 0.6) is 0 Å². The van der Waals surface area contributed by atoms with Crippen LogP contribution in [0, 0.1) is 0 Å². The molecule has 1 heterocycles. The second-order valence-electron chi connectivity index (χ2n) is 5.30. The van der Waals surface area contributed by atoms with Crippen LogP contribution in [0.15, 0.2) is 46.1 Å². The largest absolute Gasteiger partial charge is 0.308 e. The summed E-state index contributed by atoms with van der Waals surface area (Å²) in [5, 5.41) is 0.876. The SMILES string of the molecule is CCn1c(=O)sc2cc(S(=O)(=O)NCc3ccc(Cl)cc3Cl)ccc21. The van der Waals surface area contributed by atoms with Crippen LogP contribution in [0.4, 0.5) is 0 Å². The van der Waals surface area contributed by atoms with Crippen molar-refractivity contribution < 1.29 is 8.42 Å². The van der Waals surface area contributed by atoms with E-state index in [1.54, 1.807) is 28.8 Å². The van der Waals surface area contributed by atoms with Gasteiger partial charge in [-0.05, 0) is 42.8 Å². The number of aromatic nitrogens is 1. The second-order valence-corrected chi connectivity index (χ2v) is 8.91. The third-order valence-electron chi connectivity index (χ3n) is 3.73. The van der Waals surface area contributed by atoms with Crippen molar-refractivity contribution >= 4 is 54.8 Å². The van der Waals surface area contributed by atoms with Crippen molar-refractivity contribution in [1.82, 2.24) is 9.29 Å². The van der Waals surface area contributed by atoms with E-state index >= 15 is 0 Å². The summed E-state index contributed by atoms with van der Waals surface area (Å²) in [5.74, 6) is 0. The molecule has 0 unspecified atom stereocenters. The zero-order chi connectivity index (χ0) is 18.2. The van der Waals surface area contributed by atoms with E-state index in [4.69, 9.17) is 23.2 Å². The lowest BCUT2D eigenvalue weighted by Crippen LogP contribution is -2.23. The summed E-state index contributed by atoms with van der Waals surface area (Å²) in [5.41, 5.74) is 1.36. The average Bonchev–Trinajstić information content (AvgIpc) is 2.88. The van der Waals surface area contributed by atoms with E-state index < -0.39 is 10.0 Å². The normalized spacial score (nSPS) is 12.0. The number of nitrogens with one attached hydrogen (secondary N) is 1. The Bertz CT molecular complexity index is 1100. The third-order valence-corrected chi connectivity index (χ3v) is 6.66. The topological polar surface area (TPSA) is 68.2 Å². The molecule has 2 aromatic carbocycles. The predicted molar refractivity (Wildman–Crippen MR) is 102 cm³/mol. The van der Waals surface area contributed by atoms with Crippen LogP contribution in [0.25, 0.3) is 10.2 Å². The van der Waals surface area contributed by atoms with Gasteiger partial charge >= 0.3 is 4.87 Å². The van der Waals surface area contributed by atoms with E-state index in [2.05, 4.69) is 4.72 Å². The quantitative estimate of drug-likeness (QED) is 0.686. The molecule has 0 saturated heterocycles. The van der Waals surface area contributed by atoms with Gasteiger partial charge in [-0.25, -0.2) is 13.1 Å². The lowest BCUT2D eigenvalue weighted by atomic mass is 10.2. The molecule has 3 rings (SSSR count). The fourth-order valence-electron chi connectivity index (χ4n) is 2.43. The molecule has 5 nitrogen and oxygen atoms in total. The zero-order valence-corrected chi connectivity index (χ0v) is 16.3. The molecule has 0 amide bonds. The molecule has 0 aliphatic carbocycles. The Hall–Kier alpha value is -1.38. The van der Waals surface area contributed by atoms with Crippen LogP contribution in [0.1, 0.15) is 12.5 Å². The molecule has 0 bridgehead atoms. The maximum absolute atomic E-state index is 12.5. The maximum atomic E-state index is 12.5. The minimum absolute atomic E-state index is 0.0442. The van der Waals surface area contributed by atoms with Gasteiger partial charge in [-0.3, -0.25) is 9.36 Å². The van der Waals surface area contributed by atoms with Gasteiger partial charge in [-0.2, -0.15) is 0 Å². The van der Waals surface area contributed by atoms with Gasteiger partial charge in [0.2, 0.25) is 10.0 Å². The smallest absolute Gasteiger partial charge is 0.299 e. The summed E-state index contributed by atoms with van der Waals surface area (Å²) in [6.07, 6.45) is 0. The Morgan fingerprint density at radius 3 is 2.60 bits per heavy atom. The molecule has 0 radical (unpaired) electrons. The third kappa shape index (κ3) is 3.75. The van der Waals surface area contributed by atoms with Gasteiger partial charge in [-0.15, -0.1) is 0 Å². The van der Waals surface area contributed by atoms with Crippen LogP contribution >= 0.6 is 34.5 Å². The lowest BCUT2D eigenvalue weighted by molar-refractivity contribution is 0.581. The van der Waals surface area contributed by atoms with Crippen molar-refractivity contribution in [2.75, 3.05) is 0 Å². The molecule has 0 fully saturated rings. The minimum Gasteiger partial charge on any atom is -0.299 e. The number of aryl methyl sites for hydroxylation is 1. The first-order valence-electron chi connectivity index (χ1n) is 7.39. The number of rotatable bonds is 5. The van der Waals surface area contributed by atoms with E-state index in [0.29, 0.717) is 26.9 Å². The van der Waals surface area contributed by atoms with E-state index in [0.717, 1.165) is 16.9 Å². The highest BCUT2D eigenvalue weighted by Gasteiger charge is 2.17. The van der Waals surface area contributed by atoms with E-state index in [-0.39, 0.29) is 16.3 Å². The molecule has 0 aliphatic heterocycles. The summed E-state index contributed by atoms with van der Waals surface area (Å²) in [6.45, 7) is 2.45. The first-order chi connectivity index (χ1) is 11.8.